The molecule has 0 aliphatic carbocycles. The van der Waals surface area contributed by atoms with E-state index in [1.807, 2.05) is 0 Å². The van der Waals surface area contributed by atoms with Crippen molar-refractivity contribution in [2.75, 3.05) is 10.0 Å². The molecule has 0 spiro atoms. The van der Waals surface area contributed by atoms with Gasteiger partial charge in [-0.1, -0.05) is 35.3 Å². The van der Waals surface area contributed by atoms with Gasteiger partial charge in [0.25, 0.3) is 10.0 Å². The van der Waals surface area contributed by atoms with Crippen LogP contribution in [-0.2, 0) is 21.2 Å². The Labute approximate surface area is 179 Å². The summed E-state index contributed by atoms with van der Waals surface area (Å²) in [4.78, 5) is 12.3. The number of hydrogen-bond donors (Lipinski definition) is 2. The molecule has 0 fully saturated rings. The first-order valence-corrected chi connectivity index (χ1v) is 10.9. The van der Waals surface area contributed by atoms with E-state index in [1.165, 1.54) is 12.1 Å². The quantitative estimate of drug-likeness (QED) is 0.538. The Balaban J connectivity index is 1.67. The van der Waals surface area contributed by atoms with Crippen LogP contribution >= 0.6 is 23.2 Å². The maximum atomic E-state index is 12.6. The molecule has 3 rings (SSSR count). The molecule has 0 saturated heterocycles. The molecule has 2 N–H and O–H groups in total. The molecule has 0 radical (unpaired) electrons. The molecule has 0 aliphatic rings. The van der Waals surface area contributed by atoms with E-state index in [4.69, 9.17) is 23.2 Å². The lowest BCUT2D eigenvalue weighted by atomic mass is 10.1. The first kappa shape index (κ1) is 21.2. The van der Waals surface area contributed by atoms with E-state index in [0.717, 1.165) is 5.56 Å². The maximum absolute atomic E-state index is 12.6. The largest absolute Gasteiger partial charge is 0.326 e. The molecule has 0 aromatic heterocycles. The number of rotatable bonds is 6. The molecule has 0 bridgehead atoms. The predicted octanol–water partition coefficient (Wildman–Crippen LogP) is 5.28. The molecule has 1 amide bonds. The van der Waals surface area contributed by atoms with Gasteiger partial charge in [-0.2, -0.15) is 0 Å². The average Bonchev–Trinajstić information content (AvgIpc) is 2.66. The standard InChI is InChI=1S/C21H18Cl2N2O3S/c1-14-12-17(23)6-11-20(14)25-29(27,28)19-9-7-18(8-10-19)24-21(26)13-15-2-4-16(22)5-3-15/h2-12,25H,13H2,1H3,(H,24,26). The number of amides is 1. The zero-order valence-corrected chi connectivity index (χ0v) is 17.8. The number of halogens is 2. The highest BCUT2D eigenvalue weighted by Crippen LogP contribution is 2.23. The molecule has 3 aromatic rings. The van der Waals surface area contributed by atoms with Crippen LogP contribution in [0.1, 0.15) is 11.1 Å². The fourth-order valence-corrected chi connectivity index (χ4v) is 4.14. The van der Waals surface area contributed by atoms with Crippen LogP contribution in [0.2, 0.25) is 10.0 Å². The van der Waals surface area contributed by atoms with E-state index in [0.29, 0.717) is 27.0 Å². The number of sulfonamides is 1. The molecule has 3 aromatic carbocycles. The van der Waals surface area contributed by atoms with Gasteiger partial charge in [-0.25, -0.2) is 8.42 Å². The van der Waals surface area contributed by atoms with Crippen LogP contribution in [0.25, 0.3) is 0 Å². The third-order valence-corrected chi connectivity index (χ3v) is 6.03. The Bertz CT molecular complexity index is 1130. The maximum Gasteiger partial charge on any atom is 0.261 e. The van der Waals surface area contributed by atoms with Gasteiger partial charge in [0.15, 0.2) is 0 Å². The van der Waals surface area contributed by atoms with Gasteiger partial charge in [-0.15, -0.1) is 0 Å². The average molecular weight is 449 g/mol. The predicted molar refractivity (Wildman–Crippen MR) is 117 cm³/mol. The van der Waals surface area contributed by atoms with Gasteiger partial charge in [0.05, 0.1) is 17.0 Å². The Morgan fingerprint density at radius 2 is 1.52 bits per heavy atom. The van der Waals surface area contributed by atoms with E-state index in [9.17, 15) is 13.2 Å². The van der Waals surface area contributed by atoms with Crippen molar-refractivity contribution in [1.29, 1.82) is 0 Å². The van der Waals surface area contributed by atoms with Gasteiger partial charge >= 0.3 is 0 Å². The summed E-state index contributed by atoms with van der Waals surface area (Å²) < 4.78 is 27.7. The second-order valence-electron chi connectivity index (χ2n) is 6.44. The smallest absolute Gasteiger partial charge is 0.261 e. The van der Waals surface area contributed by atoms with Crippen molar-refractivity contribution in [2.45, 2.75) is 18.2 Å². The van der Waals surface area contributed by atoms with Crippen LogP contribution in [0.4, 0.5) is 11.4 Å². The third kappa shape index (κ3) is 5.73. The van der Waals surface area contributed by atoms with Crippen LogP contribution in [0.3, 0.4) is 0 Å². The van der Waals surface area contributed by atoms with Crippen molar-refractivity contribution < 1.29 is 13.2 Å². The summed E-state index contributed by atoms with van der Waals surface area (Å²) in [5, 5.41) is 3.88. The first-order valence-electron chi connectivity index (χ1n) is 8.66. The van der Waals surface area contributed by atoms with Crippen molar-refractivity contribution >= 4 is 50.5 Å². The van der Waals surface area contributed by atoms with Gasteiger partial charge < -0.3 is 5.32 Å². The van der Waals surface area contributed by atoms with Gasteiger partial charge in [-0.3, -0.25) is 9.52 Å². The van der Waals surface area contributed by atoms with Gasteiger partial charge in [0, 0.05) is 15.7 Å². The fraction of sp³-hybridized carbons (Fsp3) is 0.0952. The Morgan fingerprint density at radius 1 is 0.897 bits per heavy atom. The van der Waals surface area contributed by atoms with E-state index < -0.39 is 10.0 Å². The topological polar surface area (TPSA) is 75.3 Å². The van der Waals surface area contributed by atoms with Crippen LogP contribution < -0.4 is 10.0 Å². The molecule has 0 aliphatic heterocycles. The highest BCUT2D eigenvalue weighted by Gasteiger charge is 2.15. The monoisotopic (exact) mass is 448 g/mol. The van der Waals surface area contributed by atoms with Crippen molar-refractivity contribution in [1.82, 2.24) is 0 Å². The summed E-state index contributed by atoms with van der Waals surface area (Å²) in [6, 6.07) is 17.9. The van der Waals surface area contributed by atoms with Crippen molar-refractivity contribution in [3.63, 3.8) is 0 Å². The SMILES string of the molecule is Cc1cc(Cl)ccc1NS(=O)(=O)c1ccc(NC(=O)Cc2ccc(Cl)cc2)cc1. The van der Waals surface area contributed by atoms with E-state index >= 15 is 0 Å². The highest BCUT2D eigenvalue weighted by molar-refractivity contribution is 7.92. The molecule has 0 unspecified atom stereocenters. The van der Waals surface area contributed by atoms with E-state index in [2.05, 4.69) is 10.0 Å². The molecular formula is C21H18Cl2N2O3S. The van der Waals surface area contributed by atoms with Crippen LogP contribution in [0.5, 0.6) is 0 Å². The third-order valence-electron chi connectivity index (χ3n) is 4.16. The molecule has 8 heteroatoms. The minimum Gasteiger partial charge on any atom is -0.326 e. The van der Waals surface area contributed by atoms with Crippen LogP contribution in [0.15, 0.2) is 71.6 Å². The second kappa shape index (κ2) is 8.86. The minimum atomic E-state index is -3.76. The van der Waals surface area contributed by atoms with E-state index in [1.54, 1.807) is 61.5 Å². The van der Waals surface area contributed by atoms with Crippen LogP contribution in [-0.4, -0.2) is 14.3 Å². The summed E-state index contributed by atoms with van der Waals surface area (Å²) in [5.41, 5.74) is 2.50. The Morgan fingerprint density at radius 3 is 2.14 bits per heavy atom. The molecule has 5 nitrogen and oxygen atoms in total. The highest BCUT2D eigenvalue weighted by atomic mass is 35.5. The number of carbonyl (C=O) groups is 1. The summed E-state index contributed by atoms with van der Waals surface area (Å²) in [6.45, 7) is 1.77. The lowest BCUT2D eigenvalue weighted by molar-refractivity contribution is -0.115. The molecule has 0 heterocycles. The lowest BCUT2D eigenvalue weighted by Crippen LogP contribution is -2.15. The molecule has 0 saturated carbocycles. The summed E-state index contributed by atoms with van der Waals surface area (Å²) in [7, 11) is -3.76. The van der Waals surface area contributed by atoms with E-state index in [-0.39, 0.29) is 17.2 Å². The van der Waals surface area contributed by atoms with Crippen molar-refractivity contribution in [2.24, 2.45) is 0 Å². The van der Waals surface area contributed by atoms with Gasteiger partial charge in [0.1, 0.15) is 0 Å². The van der Waals surface area contributed by atoms with Crippen molar-refractivity contribution in [3.8, 4) is 0 Å². The normalized spacial score (nSPS) is 11.1. The summed E-state index contributed by atoms with van der Waals surface area (Å²) >= 11 is 11.7. The number of hydrogen-bond acceptors (Lipinski definition) is 3. The number of anilines is 2. The zero-order valence-electron chi connectivity index (χ0n) is 15.4. The molecule has 29 heavy (non-hydrogen) atoms. The number of aryl methyl sites for hydroxylation is 1. The minimum absolute atomic E-state index is 0.0857. The number of nitrogens with one attached hydrogen (secondary N) is 2. The second-order valence-corrected chi connectivity index (χ2v) is 9.00. The van der Waals surface area contributed by atoms with Gasteiger partial charge in [0.2, 0.25) is 5.91 Å². The summed E-state index contributed by atoms with van der Waals surface area (Å²) in [6.07, 6.45) is 0.189. The van der Waals surface area contributed by atoms with Crippen molar-refractivity contribution in [3.05, 3.63) is 87.9 Å². The van der Waals surface area contributed by atoms with Gasteiger partial charge in [-0.05, 0) is 72.6 Å². The lowest BCUT2D eigenvalue weighted by Gasteiger charge is -2.11. The first-order chi connectivity index (χ1) is 13.7. The number of benzene rings is 3. The zero-order chi connectivity index (χ0) is 21.0. The Hall–Kier alpha value is -2.54. The van der Waals surface area contributed by atoms with Crippen LogP contribution in [0, 0.1) is 6.92 Å². The summed E-state index contributed by atoms with van der Waals surface area (Å²) in [5.74, 6) is -0.210. The number of carbonyl (C=O) groups excluding carboxylic acids is 1. The molecule has 0 atom stereocenters. The molecular weight excluding hydrogens is 431 g/mol. The Kier molecular flexibility index (Phi) is 6.47. The molecule has 150 valence electrons. The fourth-order valence-electron chi connectivity index (χ4n) is 2.66.